The minimum absolute atomic E-state index is 0.0750. The fourth-order valence-electron chi connectivity index (χ4n) is 7.11. The molecule has 2 aromatic rings. The number of fused-ring (bicyclic) bond motifs is 2. The van der Waals surface area contributed by atoms with Crippen LogP contribution in [-0.4, -0.2) is 81.6 Å². The zero-order valence-electron chi connectivity index (χ0n) is 25.1. The highest BCUT2D eigenvalue weighted by Crippen LogP contribution is 2.60. The summed E-state index contributed by atoms with van der Waals surface area (Å²) in [5.74, 6) is -1.24. The number of benzene rings is 2. The van der Waals surface area contributed by atoms with Crippen molar-refractivity contribution in [3.63, 3.8) is 0 Å². The van der Waals surface area contributed by atoms with E-state index in [1.165, 1.54) is 0 Å². The summed E-state index contributed by atoms with van der Waals surface area (Å²) in [5, 5.41) is 12.8. The van der Waals surface area contributed by atoms with Crippen LogP contribution in [0.1, 0.15) is 24.5 Å². The number of nitrogens with one attached hydrogen (secondary N) is 1. The lowest BCUT2D eigenvalue weighted by molar-refractivity contribution is -0.149. The van der Waals surface area contributed by atoms with Gasteiger partial charge in [0.2, 0.25) is 20.2 Å². The Kier molecular flexibility index (Phi) is 8.89. The summed E-state index contributed by atoms with van der Waals surface area (Å²) in [4.78, 5) is 45.7. The van der Waals surface area contributed by atoms with Gasteiger partial charge in [-0.3, -0.25) is 14.4 Å². The maximum atomic E-state index is 16.2. The first kappa shape index (κ1) is 31.1. The molecular weight excluding hydrogens is 567 g/mol. The number of ether oxygens (including phenoxy) is 1. The molecule has 2 fully saturated rings. The summed E-state index contributed by atoms with van der Waals surface area (Å²) >= 11 is 0. The topological polar surface area (TPSA) is 102 Å². The number of rotatable bonds is 10. The summed E-state index contributed by atoms with van der Waals surface area (Å²) in [5.41, 5.74) is 0.614. The van der Waals surface area contributed by atoms with Crippen molar-refractivity contribution in [3.8, 4) is 0 Å². The average molecular weight is 609 g/mol. The van der Waals surface area contributed by atoms with Crippen molar-refractivity contribution >= 4 is 37.5 Å². The first-order valence-electron chi connectivity index (χ1n) is 14.9. The van der Waals surface area contributed by atoms with E-state index in [1.807, 2.05) is 55.5 Å². The van der Waals surface area contributed by atoms with E-state index in [9.17, 15) is 19.5 Å². The van der Waals surface area contributed by atoms with Gasteiger partial charge >= 0.3 is 0 Å². The van der Waals surface area contributed by atoms with Crippen molar-refractivity contribution in [2.45, 2.75) is 50.2 Å². The van der Waals surface area contributed by atoms with Gasteiger partial charge in [-0.25, -0.2) is 0 Å². The molecule has 4 atom stereocenters. The Morgan fingerprint density at radius 1 is 1.26 bits per heavy atom. The van der Waals surface area contributed by atoms with Crippen LogP contribution in [0.3, 0.4) is 0 Å². The molecule has 0 bridgehead atoms. The van der Waals surface area contributed by atoms with Crippen LogP contribution in [0.4, 0.5) is 15.5 Å². The molecule has 5 rings (SSSR count). The van der Waals surface area contributed by atoms with Gasteiger partial charge in [-0.2, -0.15) is 0 Å². The van der Waals surface area contributed by atoms with Gasteiger partial charge < -0.3 is 34.0 Å². The third kappa shape index (κ3) is 5.66. The fraction of sp³-hybridized carbons (Fsp3) is 0.469. The molecule has 9 nitrogen and oxygen atoms in total. The molecule has 2 N–H and O–H groups in total. The van der Waals surface area contributed by atoms with Crippen LogP contribution < -0.4 is 15.1 Å². The monoisotopic (exact) mass is 608 g/mol. The maximum Gasteiger partial charge on any atom is 0.264 e. The van der Waals surface area contributed by atoms with E-state index in [0.29, 0.717) is 36.6 Å². The molecule has 0 saturated carbocycles. The summed E-state index contributed by atoms with van der Waals surface area (Å²) in [6.07, 6.45) is 0.664. The van der Waals surface area contributed by atoms with Crippen LogP contribution in [0.5, 0.6) is 0 Å². The van der Waals surface area contributed by atoms with E-state index >= 15 is 4.11 Å². The molecule has 3 aliphatic rings. The Morgan fingerprint density at radius 2 is 2.00 bits per heavy atom. The van der Waals surface area contributed by atoms with Crippen LogP contribution in [0, 0.1) is 5.92 Å². The maximum absolute atomic E-state index is 16.2. The van der Waals surface area contributed by atoms with Gasteiger partial charge in [0.15, 0.2) is 5.60 Å². The second kappa shape index (κ2) is 12.3. The SMILES string of the molecule is C=CCN1C(=O)[C@@]2(O[C@@H](CC(=O)N(CCO)Cc3ccccc3)[C@H]([Si](C)(C)F)[C@H]2C)c2cc(N3CCNCC3=O)ccc21. The standard InChI is InChI=1S/C32H41FN4O5Si/c1-5-14-37-26-12-11-24(36-15-13-34-20-29(36)40)18-25(26)32(31(37)41)22(2)30(43(3,4)33)27(42-32)19-28(39)35(16-17-38)21-23-9-7-6-8-10-23/h5-12,18,22,27,30,34,38H,1,13-17,19-21H2,2-4H3/t22-,27+,30-,32+/m1/s1. The minimum atomic E-state index is -3.50. The predicted octanol–water partition coefficient (Wildman–Crippen LogP) is 3.34. The first-order chi connectivity index (χ1) is 20.5. The molecule has 11 heteroatoms. The summed E-state index contributed by atoms with van der Waals surface area (Å²) in [6, 6.07) is 15.0. The summed E-state index contributed by atoms with van der Waals surface area (Å²) < 4.78 is 23.0. The summed E-state index contributed by atoms with van der Waals surface area (Å²) in [7, 11) is -3.50. The van der Waals surface area contributed by atoms with Crippen LogP contribution in [-0.2, 0) is 31.3 Å². The number of nitrogens with zero attached hydrogens (tertiary/aromatic N) is 3. The minimum Gasteiger partial charge on any atom is -0.395 e. The molecule has 3 amide bonds. The lowest BCUT2D eigenvalue weighted by Gasteiger charge is -2.32. The van der Waals surface area contributed by atoms with Crippen molar-refractivity contribution in [2.24, 2.45) is 5.92 Å². The molecule has 0 radical (unpaired) electrons. The van der Waals surface area contributed by atoms with Crippen LogP contribution in [0.25, 0.3) is 0 Å². The quantitative estimate of drug-likeness (QED) is 0.244. The Labute approximate surface area is 253 Å². The number of aliphatic hydroxyl groups excluding tert-OH is 1. The van der Waals surface area contributed by atoms with Crippen molar-refractivity contribution in [1.29, 1.82) is 0 Å². The third-order valence-electron chi connectivity index (χ3n) is 8.97. The number of halogens is 1. The number of aliphatic hydroxyl groups is 1. The second-order valence-electron chi connectivity index (χ2n) is 12.1. The zero-order chi connectivity index (χ0) is 30.9. The van der Waals surface area contributed by atoms with Crippen LogP contribution in [0.2, 0.25) is 18.6 Å². The molecule has 3 heterocycles. The number of hydrogen-bond acceptors (Lipinski definition) is 6. The van der Waals surface area contributed by atoms with Gasteiger partial charge in [0, 0.05) is 55.4 Å². The molecule has 3 aliphatic heterocycles. The van der Waals surface area contributed by atoms with E-state index in [-0.39, 0.29) is 50.4 Å². The molecule has 2 aromatic carbocycles. The van der Waals surface area contributed by atoms with Gasteiger partial charge in [-0.1, -0.05) is 43.3 Å². The van der Waals surface area contributed by atoms with E-state index in [4.69, 9.17) is 4.74 Å². The number of carbonyl (C=O) groups excluding carboxylic acids is 3. The highest BCUT2D eigenvalue weighted by atomic mass is 28.4. The van der Waals surface area contributed by atoms with Gasteiger partial charge in [0.1, 0.15) is 0 Å². The summed E-state index contributed by atoms with van der Waals surface area (Å²) in [6.45, 7) is 10.7. The number of carbonyl (C=O) groups is 3. The van der Waals surface area contributed by atoms with Gasteiger partial charge in [0.25, 0.3) is 5.91 Å². The Morgan fingerprint density at radius 3 is 2.65 bits per heavy atom. The smallest absolute Gasteiger partial charge is 0.264 e. The Balaban J connectivity index is 1.53. The Hall–Kier alpha value is -3.38. The molecule has 230 valence electrons. The number of hydrogen-bond donors (Lipinski definition) is 2. The largest absolute Gasteiger partial charge is 0.395 e. The van der Waals surface area contributed by atoms with Gasteiger partial charge in [-0.15, -0.1) is 6.58 Å². The molecule has 1 spiro atoms. The van der Waals surface area contributed by atoms with Crippen molar-refractivity contribution in [2.75, 3.05) is 49.1 Å². The zero-order valence-corrected chi connectivity index (χ0v) is 26.1. The van der Waals surface area contributed by atoms with Crippen LogP contribution >= 0.6 is 0 Å². The number of amides is 3. The molecule has 0 unspecified atom stereocenters. The number of anilines is 2. The lowest BCUT2D eigenvalue weighted by atomic mass is 9.82. The normalized spacial score (nSPS) is 25.4. The molecular formula is C32H41FN4O5Si. The highest BCUT2D eigenvalue weighted by Gasteiger charge is 2.67. The first-order valence-corrected chi connectivity index (χ1v) is 17.9. The molecule has 0 aliphatic carbocycles. The van der Waals surface area contributed by atoms with Crippen molar-refractivity contribution in [1.82, 2.24) is 10.2 Å². The van der Waals surface area contributed by atoms with Crippen molar-refractivity contribution < 1.29 is 28.3 Å². The average Bonchev–Trinajstić information content (AvgIpc) is 3.40. The fourth-order valence-corrected chi connectivity index (χ4v) is 9.60. The van der Waals surface area contributed by atoms with E-state index in [2.05, 4.69) is 11.9 Å². The van der Waals surface area contributed by atoms with E-state index in [1.54, 1.807) is 33.9 Å². The van der Waals surface area contributed by atoms with Crippen molar-refractivity contribution in [3.05, 3.63) is 72.3 Å². The second-order valence-corrected chi connectivity index (χ2v) is 15.9. The molecule has 2 saturated heterocycles. The van der Waals surface area contributed by atoms with E-state index < -0.39 is 31.6 Å². The molecule has 43 heavy (non-hydrogen) atoms. The van der Waals surface area contributed by atoms with Gasteiger partial charge in [-0.05, 0) is 36.9 Å². The van der Waals surface area contributed by atoms with Gasteiger partial charge in [0.05, 0.1) is 31.4 Å². The van der Waals surface area contributed by atoms with Crippen LogP contribution in [0.15, 0.2) is 61.2 Å². The predicted molar refractivity (Wildman–Crippen MR) is 166 cm³/mol. The highest BCUT2D eigenvalue weighted by molar-refractivity contribution is 6.72. The number of piperazine rings is 1. The Bertz CT molecular complexity index is 1390. The van der Waals surface area contributed by atoms with E-state index in [0.717, 1.165) is 5.56 Å². The lowest BCUT2D eigenvalue weighted by Crippen LogP contribution is -2.48. The third-order valence-corrected chi connectivity index (χ3v) is 11.4. The molecule has 0 aromatic heterocycles.